The van der Waals surface area contributed by atoms with E-state index in [0.29, 0.717) is 0 Å². The van der Waals surface area contributed by atoms with Crippen molar-refractivity contribution in [1.29, 1.82) is 0 Å². The highest BCUT2D eigenvalue weighted by Gasteiger charge is 2.07. The number of nitrogens with one attached hydrogen (secondary N) is 1. The molecule has 0 aliphatic carbocycles. The summed E-state index contributed by atoms with van der Waals surface area (Å²) in [6.07, 6.45) is 1.68. The zero-order valence-corrected chi connectivity index (χ0v) is 10.6. The van der Waals surface area contributed by atoms with Gasteiger partial charge in [0.2, 0.25) is 0 Å². The van der Waals surface area contributed by atoms with Gasteiger partial charge < -0.3 is 5.32 Å². The molecular formula is C16H12F2N2. The molecule has 0 unspecified atom stereocenters. The minimum absolute atomic E-state index is 0.212. The first kappa shape index (κ1) is 12.5. The molecule has 3 aromatic rings. The predicted octanol–water partition coefficient (Wildman–Crippen LogP) is 4.13. The Morgan fingerprint density at radius 2 is 1.85 bits per heavy atom. The van der Waals surface area contributed by atoms with Crippen molar-refractivity contribution >= 4 is 16.6 Å². The summed E-state index contributed by atoms with van der Waals surface area (Å²) in [6, 6.07) is 13.8. The summed E-state index contributed by atoms with van der Waals surface area (Å²) < 4.78 is 26.6. The Kier molecular flexibility index (Phi) is 3.29. The minimum atomic E-state index is -0.832. The summed E-state index contributed by atoms with van der Waals surface area (Å²) >= 11 is 0. The topological polar surface area (TPSA) is 24.9 Å². The van der Waals surface area contributed by atoms with Crippen molar-refractivity contribution in [3.8, 4) is 0 Å². The van der Waals surface area contributed by atoms with Crippen LogP contribution in [0, 0.1) is 11.6 Å². The number of aromatic nitrogens is 1. The van der Waals surface area contributed by atoms with E-state index in [2.05, 4.69) is 10.3 Å². The SMILES string of the molecule is Fc1cccc(CNc2cnc3ccccc3c2)c1F. The number of nitrogens with zero attached hydrogens (tertiary/aromatic N) is 1. The number of benzene rings is 2. The molecule has 0 spiro atoms. The van der Waals surface area contributed by atoms with Crippen molar-refractivity contribution in [3.05, 3.63) is 71.9 Å². The molecule has 0 bridgehead atoms. The maximum absolute atomic E-state index is 13.5. The van der Waals surface area contributed by atoms with Crippen LogP contribution in [0.5, 0.6) is 0 Å². The smallest absolute Gasteiger partial charge is 0.163 e. The Bertz CT molecular complexity index is 756. The fraction of sp³-hybridized carbons (Fsp3) is 0.0625. The Morgan fingerprint density at radius 3 is 2.75 bits per heavy atom. The van der Waals surface area contributed by atoms with Gasteiger partial charge in [0.15, 0.2) is 11.6 Å². The second kappa shape index (κ2) is 5.25. The second-order valence-electron chi connectivity index (χ2n) is 4.48. The largest absolute Gasteiger partial charge is 0.380 e. The van der Waals surface area contributed by atoms with Crippen LogP contribution in [0.1, 0.15) is 5.56 Å². The second-order valence-corrected chi connectivity index (χ2v) is 4.48. The molecule has 20 heavy (non-hydrogen) atoms. The summed E-state index contributed by atoms with van der Waals surface area (Å²) in [5.74, 6) is -1.64. The monoisotopic (exact) mass is 270 g/mol. The third-order valence-electron chi connectivity index (χ3n) is 3.11. The van der Waals surface area contributed by atoms with E-state index in [0.717, 1.165) is 22.7 Å². The van der Waals surface area contributed by atoms with Crippen LogP contribution in [0.3, 0.4) is 0 Å². The van der Waals surface area contributed by atoms with E-state index < -0.39 is 11.6 Å². The molecule has 100 valence electrons. The number of pyridine rings is 1. The first-order valence-corrected chi connectivity index (χ1v) is 6.25. The Balaban J connectivity index is 1.81. The normalized spacial score (nSPS) is 10.7. The zero-order chi connectivity index (χ0) is 13.9. The summed E-state index contributed by atoms with van der Waals surface area (Å²) in [5.41, 5.74) is 1.96. The number of para-hydroxylation sites is 1. The fourth-order valence-electron chi connectivity index (χ4n) is 2.05. The third-order valence-corrected chi connectivity index (χ3v) is 3.11. The van der Waals surface area contributed by atoms with E-state index in [1.54, 1.807) is 12.3 Å². The van der Waals surface area contributed by atoms with Crippen LogP contribution < -0.4 is 5.32 Å². The van der Waals surface area contributed by atoms with Crippen molar-refractivity contribution in [3.63, 3.8) is 0 Å². The zero-order valence-electron chi connectivity index (χ0n) is 10.6. The van der Waals surface area contributed by atoms with Gasteiger partial charge in [-0.1, -0.05) is 30.3 Å². The van der Waals surface area contributed by atoms with Crippen molar-refractivity contribution < 1.29 is 8.78 Å². The number of hydrogen-bond donors (Lipinski definition) is 1. The predicted molar refractivity (Wildman–Crippen MR) is 75.4 cm³/mol. The Labute approximate surface area is 115 Å². The highest BCUT2D eigenvalue weighted by atomic mass is 19.2. The minimum Gasteiger partial charge on any atom is -0.380 e. The lowest BCUT2D eigenvalue weighted by atomic mass is 10.2. The van der Waals surface area contributed by atoms with Crippen molar-refractivity contribution in [2.24, 2.45) is 0 Å². The highest BCUT2D eigenvalue weighted by Crippen LogP contribution is 2.18. The van der Waals surface area contributed by atoms with E-state index in [-0.39, 0.29) is 12.1 Å². The standard InChI is InChI=1S/C16H12F2N2/c17-14-6-3-5-12(16(14)18)9-19-13-8-11-4-1-2-7-15(11)20-10-13/h1-8,10,19H,9H2. The number of halogens is 2. The van der Waals surface area contributed by atoms with Crippen LogP contribution in [-0.2, 0) is 6.54 Å². The molecule has 0 radical (unpaired) electrons. The Hall–Kier alpha value is -2.49. The van der Waals surface area contributed by atoms with E-state index in [4.69, 9.17) is 0 Å². The number of rotatable bonds is 3. The first-order valence-electron chi connectivity index (χ1n) is 6.25. The van der Waals surface area contributed by atoms with E-state index in [1.165, 1.54) is 6.07 Å². The third kappa shape index (κ3) is 2.45. The van der Waals surface area contributed by atoms with Crippen molar-refractivity contribution in [1.82, 2.24) is 4.98 Å². The molecule has 2 aromatic carbocycles. The molecule has 0 fully saturated rings. The maximum atomic E-state index is 13.5. The Morgan fingerprint density at radius 1 is 1.00 bits per heavy atom. The molecule has 1 heterocycles. The average Bonchev–Trinajstić information content (AvgIpc) is 2.48. The number of hydrogen-bond acceptors (Lipinski definition) is 2. The van der Waals surface area contributed by atoms with Gasteiger partial charge in [-0.3, -0.25) is 4.98 Å². The molecule has 0 atom stereocenters. The molecule has 3 rings (SSSR count). The quantitative estimate of drug-likeness (QED) is 0.774. The molecule has 4 heteroatoms. The summed E-state index contributed by atoms with van der Waals surface area (Å²) in [6.45, 7) is 0.212. The van der Waals surface area contributed by atoms with E-state index >= 15 is 0 Å². The summed E-state index contributed by atoms with van der Waals surface area (Å²) in [4.78, 5) is 4.30. The fourth-order valence-corrected chi connectivity index (χ4v) is 2.05. The summed E-state index contributed by atoms with van der Waals surface area (Å²) in [5, 5.41) is 4.05. The lowest BCUT2D eigenvalue weighted by Gasteiger charge is -2.08. The molecule has 0 aliphatic rings. The van der Waals surface area contributed by atoms with Gasteiger partial charge in [0, 0.05) is 17.5 Å². The lowest BCUT2D eigenvalue weighted by molar-refractivity contribution is 0.500. The first-order chi connectivity index (χ1) is 9.74. The van der Waals surface area contributed by atoms with Gasteiger partial charge in [-0.15, -0.1) is 0 Å². The molecule has 1 aromatic heterocycles. The van der Waals surface area contributed by atoms with Crippen LogP contribution in [0.15, 0.2) is 54.7 Å². The van der Waals surface area contributed by atoms with Crippen LogP contribution in [0.25, 0.3) is 10.9 Å². The number of anilines is 1. The molecule has 0 saturated carbocycles. The molecule has 0 amide bonds. The molecule has 0 aliphatic heterocycles. The molecule has 1 N–H and O–H groups in total. The average molecular weight is 270 g/mol. The lowest BCUT2D eigenvalue weighted by Crippen LogP contribution is -2.03. The highest BCUT2D eigenvalue weighted by molar-refractivity contribution is 5.81. The van der Waals surface area contributed by atoms with Gasteiger partial charge in [-0.2, -0.15) is 0 Å². The van der Waals surface area contributed by atoms with Gasteiger partial charge in [0.05, 0.1) is 17.4 Å². The van der Waals surface area contributed by atoms with Crippen LogP contribution in [0.4, 0.5) is 14.5 Å². The van der Waals surface area contributed by atoms with Crippen LogP contribution in [0.2, 0.25) is 0 Å². The van der Waals surface area contributed by atoms with E-state index in [9.17, 15) is 8.78 Å². The van der Waals surface area contributed by atoms with Gasteiger partial charge >= 0.3 is 0 Å². The van der Waals surface area contributed by atoms with Crippen LogP contribution in [-0.4, -0.2) is 4.98 Å². The maximum Gasteiger partial charge on any atom is 0.163 e. The van der Waals surface area contributed by atoms with E-state index in [1.807, 2.05) is 30.3 Å². The molecular weight excluding hydrogens is 258 g/mol. The molecule has 2 nitrogen and oxygen atoms in total. The number of fused-ring (bicyclic) bond motifs is 1. The van der Waals surface area contributed by atoms with Crippen molar-refractivity contribution in [2.45, 2.75) is 6.54 Å². The van der Waals surface area contributed by atoms with Gasteiger partial charge in [0.1, 0.15) is 0 Å². The molecule has 0 saturated heterocycles. The van der Waals surface area contributed by atoms with Crippen LogP contribution >= 0.6 is 0 Å². The van der Waals surface area contributed by atoms with Gasteiger partial charge in [-0.25, -0.2) is 8.78 Å². The van der Waals surface area contributed by atoms with Gasteiger partial charge in [-0.05, 0) is 18.2 Å². The van der Waals surface area contributed by atoms with Gasteiger partial charge in [0.25, 0.3) is 0 Å². The summed E-state index contributed by atoms with van der Waals surface area (Å²) in [7, 11) is 0. The van der Waals surface area contributed by atoms with Crippen molar-refractivity contribution in [2.75, 3.05) is 5.32 Å².